The molecule has 0 aromatic heterocycles. The van der Waals surface area contributed by atoms with E-state index in [4.69, 9.17) is 9.47 Å². The van der Waals surface area contributed by atoms with Crippen LogP contribution in [-0.4, -0.2) is 36.5 Å². The Morgan fingerprint density at radius 3 is 2.24 bits per heavy atom. The maximum absolute atomic E-state index is 11.4. The van der Waals surface area contributed by atoms with Crippen molar-refractivity contribution in [1.82, 2.24) is 0 Å². The van der Waals surface area contributed by atoms with Gasteiger partial charge in [0.25, 0.3) is 0 Å². The Labute approximate surface area is 103 Å². The zero-order valence-electron chi connectivity index (χ0n) is 10.7. The summed E-state index contributed by atoms with van der Waals surface area (Å²) in [6.45, 7) is 3.41. The average molecular weight is 244 g/mol. The molecule has 0 aliphatic heterocycles. The fourth-order valence-electron chi connectivity index (χ4n) is 2.34. The Balaban J connectivity index is 2.49. The smallest absolute Gasteiger partial charge is 0.335 e. The predicted molar refractivity (Wildman–Crippen MR) is 65.1 cm³/mol. The van der Waals surface area contributed by atoms with Crippen LogP contribution in [0.4, 0.5) is 0 Å². The molecular formula is C13H24O4. The van der Waals surface area contributed by atoms with E-state index in [1.54, 1.807) is 0 Å². The van der Waals surface area contributed by atoms with Gasteiger partial charge in [-0.25, -0.2) is 4.79 Å². The van der Waals surface area contributed by atoms with Crippen molar-refractivity contribution in [1.29, 1.82) is 0 Å². The normalized spacial score (nSPS) is 20.5. The highest BCUT2D eigenvalue weighted by Crippen LogP contribution is 2.30. The molecule has 0 unspecified atom stereocenters. The summed E-state index contributed by atoms with van der Waals surface area (Å²) in [4.78, 5) is 11.4. The maximum Gasteiger partial charge on any atom is 0.335 e. The fourth-order valence-corrected chi connectivity index (χ4v) is 2.34. The van der Waals surface area contributed by atoms with Gasteiger partial charge in [0.05, 0.1) is 13.2 Å². The van der Waals surface area contributed by atoms with Crippen LogP contribution in [-0.2, 0) is 14.3 Å². The lowest BCUT2D eigenvalue weighted by atomic mass is 9.87. The first-order chi connectivity index (χ1) is 8.21. The molecule has 4 nitrogen and oxygen atoms in total. The topological polar surface area (TPSA) is 55.8 Å². The summed E-state index contributed by atoms with van der Waals surface area (Å²) in [6.07, 6.45) is 6.60. The molecule has 4 heteroatoms. The van der Waals surface area contributed by atoms with E-state index in [9.17, 15) is 9.90 Å². The van der Waals surface area contributed by atoms with Crippen molar-refractivity contribution >= 4 is 5.97 Å². The van der Waals surface area contributed by atoms with Crippen LogP contribution < -0.4 is 0 Å². The minimum atomic E-state index is -0.961. The lowest BCUT2D eigenvalue weighted by molar-refractivity contribution is -0.171. The fraction of sp³-hybridized carbons (Fsp3) is 0.923. The molecule has 0 spiro atoms. The van der Waals surface area contributed by atoms with Crippen molar-refractivity contribution in [2.45, 2.75) is 57.5 Å². The largest absolute Gasteiger partial charge is 0.479 e. The van der Waals surface area contributed by atoms with Crippen LogP contribution in [0.2, 0.25) is 0 Å². The van der Waals surface area contributed by atoms with Gasteiger partial charge < -0.3 is 14.6 Å². The molecule has 0 amide bonds. The third-order valence-electron chi connectivity index (χ3n) is 3.36. The van der Waals surface area contributed by atoms with E-state index in [0.717, 1.165) is 25.7 Å². The highest BCUT2D eigenvalue weighted by molar-refractivity contribution is 5.77. The zero-order valence-corrected chi connectivity index (χ0v) is 10.7. The van der Waals surface area contributed by atoms with Crippen LogP contribution in [0.25, 0.3) is 0 Å². The molecule has 0 atom stereocenters. The summed E-state index contributed by atoms with van der Waals surface area (Å²) in [5.74, 6) is -0.809. The molecule has 1 aliphatic carbocycles. The third kappa shape index (κ3) is 4.64. The standard InChI is InChI=1S/C13H24O4/c1-2-16-10-11-17-13(12(14)15)8-6-4-3-5-7-9-13/h2-11H2,1H3,(H,14,15). The van der Waals surface area contributed by atoms with Gasteiger partial charge in [-0.15, -0.1) is 0 Å². The van der Waals surface area contributed by atoms with Crippen LogP contribution in [0, 0.1) is 0 Å². The second-order valence-electron chi connectivity index (χ2n) is 4.61. The van der Waals surface area contributed by atoms with Gasteiger partial charge in [0.15, 0.2) is 5.60 Å². The molecule has 1 saturated carbocycles. The molecule has 100 valence electrons. The summed E-state index contributed by atoms with van der Waals surface area (Å²) < 4.78 is 10.8. The number of carboxylic acid groups (broad SMARTS) is 1. The lowest BCUT2D eigenvalue weighted by Crippen LogP contribution is -2.43. The van der Waals surface area contributed by atoms with Crippen molar-refractivity contribution in [2.75, 3.05) is 19.8 Å². The van der Waals surface area contributed by atoms with Crippen LogP contribution >= 0.6 is 0 Å². The van der Waals surface area contributed by atoms with Gasteiger partial charge in [-0.05, 0) is 32.6 Å². The van der Waals surface area contributed by atoms with Crippen molar-refractivity contribution in [3.05, 3.63) is 0 Å². The number of aliphatic carboxylic acids is 1. The van der Waals surface area contributed by atoms with Gasteiger partial charge in [0, 0.05) is 6.61 Å². The molecule has 17 heavy (non-hydrogen) atoms. The third-order valence-corrected chi connectivity index (χ3v) is 3.36. The highest BCUT2D eigenvalue weighted by atomic mass is 16.6. The molecule has 0 aromatic rings. The number of ether oxygens (including phenoxy) is 2. The van der Waals surface area contributed by atoms with Crippen molar-refractivity contribution in [2.24, 2.45) is 0 Å². The second kappa shape index (κ2) is 7.67. The number of hydrogen-bond donors (Lipinski definition) is 1. The van der Waals surface area contributed by atoms with E-state index in [1.165, 1.54) is 6.42 Å². The number of rotatable bonds is 6. The SMILES string of the molecule is CCOCCOC1(C(=O)O)CCCCCCC1. The molecule has 0 saturated heterocycles. The summed E-state index contributed by atoms with van der Waals surface area (Å²) in [5.41, 5.74) is -0.961. The summed E-state index contributed by atoms with van der Waals surface area (Å²) in [6, 6.07) is 0. The molecule has 0 radical (unpaired) electrons. The Bertz CT molecular complexity index is 219. The number of carboxylic acids is 1. The molecule has 0 aromatic carbocycles. The molecular weight excluding hydrogens is 220 g/mol. The Morgan fingerprint density at radius 2 is 1.71 bits per heavy atom. The molecule has 1 N–H and O–H groups in total. The average Bonchev–Trinajstić information content (AvgIpc) is 2.26. The minimum absolute atomic E-state index is 0.375. The summed E-state index contributed by atoms with van der Waals surface area (Å²) in [5, 5.41) is 9.40. The van der Waals surface area contributed by atoms with Gasteiger partial charge in [-0.3, -0.25) is 0 Å². The zero-order chi connectivity index (χ0) is 12.6. The van der Waals surface area contributed by atoms with Crippen LogP contribution in [0.3, 0.4) is 0 Å². The second-order valence-corrected chi connectivity index (χ2v) is 4.61. The van der Waals surface area contributed by atoms with Crippen molar-refractivity contribution < 1.29 is 19.4 Å². The van der Waals surface area contributed by atoms with Crippen LogP contribution in [0.5, 0.6) is 0 Å². The number of hydrogen-bond acceptors (Lipinski definition) is 3. The van der Waals surface area contributed by atoms with Crippen molar-refractivity contribution in [3.63, 3.8) is 0 Å². The van der Waals surface area contributed by atoms with E-state index < -0.39 is 11.6 Å². The van der Waals surface area contributed by atoms with Gasteiger partial charge in [-0.2, -0.15) is 0 Å². The van der Waals surface area contributed by atoms with E-state index >= 15 is 0 Å². The number of carbonyl (C=O) groups is 1. The molecule has 1 aliphatic rings. The first-order valence-corrected chi connectivity index (χ1v) is 6.66. The molecule has 1 fully saturated rings. The van der Waals surface area contributed by atoms with E-state index in [0.29, 0.717) is 32.7 Å². The van der Waals surface area contributed by atoms with Crippen LogP contribution in [0.1, 0.15) is 51.9 Å². The van der Waals surface area contributed by atoms with Gasteiger partial charge in [-0.1, -0.05) is 19.3 Å². The Kier molecular flexibility index (Phi) is 6.52. The lowest BCUT2D eigenvalue weighted by Gasteiger charge is -2.31. The first-order valence-electron chi connectivity index (χ1n) is 6.66. The monoisotopic (exact) mass is 244 g/mol. The highest BCUT2D eigenvalue weighted by Gasteiger charge is 2.39. The predicted octanol–water partition coefficient (Wildman–Crippen LogP) is 2.61. The molecule has 0 heterocycles. The van der Waals surface area contributed by atoms with Crippen LogP contribution in [0.15, 0.2) is 0 Å². The molecule has 0 bridgehead atoms. The van der Waals surface area contributed by atoms with E-state index in [2.05, 4.69) is 0 Å². The van der Waals surface area contributed by atoms with Crippen molar-refractivity contribution in [3.8, 4) is 0 Å². The minimum Gasteiger partial charge on any atom is -0.479 e. The van der Waals surface area contributed by atoms with E-state index in [1.807, 2.05) is 6.92 Å². The van der Waals surface area contributed by atoms with Gasteiger partial charge in [0.1, 0.15) is 0 Å². The quantitative estimate of drug-likeness (QED) is 0.730. The summed E-state index contributed by atoms with van der Waals surface area (Å²) in [7, 11) is 0. The maximum atomic E-state index is 11.4. The Morgan fingerprint density at radius 1 is 1.12 bits per heavy atom. The summed E-state index contributed by atoms with van der Waals surface area (Å²) >= 11 is 0. The van der Waals surface area contributed by atoms with Gasteiger partial charge in [0.2, 0.25) is 0 Å². The Hall–Kier alpha value is -0.610. The first kappa shape index (κ1) is 14.5. The van der Waals surface area contributed by atoms with Gasteiger partial charge >= 0.3 is 5.97 Å². The molecule has 1 rings (SSSR count). The van der Waals surface area contributed by atoms with E-state index in [-0.39, 0.29) is 0 Å².